The highest BCUT2D eigenvalue weighted by Gasteiger charge is 2.61. The molecule has 4 aromatic rings. The molecule has 2 N–H and O–H groups in total. The fourth-order valence-corrected chi connectivity index (χ4v) is 14.5. The van der Waals surface area contributed by atoms with E-state index in [1.165, 1.54) is 4.57 Å². The molecule has 1 amide bonds. The topological polar surface area (TPSA) is 139 Å². The van der Waals surface area contributed by atoms with E-state index in [0.29, 0.717) is 79.2 Å². The number of pyridine rings is 2. The Morgan fingerprint density at radius 3 is 2.64 bits per heavy atom. The molecular weight excluding hydrogens is 1000 g/mol. The molecule has 0 bridgehead atoms. The number of fused-ring (bicyclic) bond motifs is 8. The van der Waals surface area contributed by atoms with Crippen molar-refractivity contribution in [2.45, 2.75) is 134 Å². The molecule has 18 heteroatoms. The molecule has 428 valence electrons. The van der Waals surface area contributed by atoms with E-state index < -0.39 is 41.7 Å². The number of alkyl halides is 3. The summed E-state index contributed by atoms with van der Waals surface area (Å²) in [7, 11) is 5.32. The van der Waals surface area contributed by atoms with Gasteiger partial charge in [0.1, 0.15) is 6.54 Å². The summed E-state index contributed by atoms with van der Waals surface area (Å²) in [5.41, 5.74) is 9.95. The first-order valence-electron chi connectivity index (χ1n) is 28.6. The van der Waals surface area contributed by atoms with Crippen LogP contribution in [0.2, 0.25) is 0 Å². The lowest BCUT2D eigenvalue weighted by molar-refractivity contribution is -0.139. The molecule has 10 rings (SSSR count). The van der Waals surface area contributed by atoms with Gasteiger partial charge in [-0.3, -0.25) is 24.5 Å². The maximum absolute atomic E-state index is 15.5. The second-order valence-electron chi connectivity index (χ2n) is 24.0. The van der Waals surface area contributed by atoms with Crippen LogP contribution >= 0.6 is 0 Å². The Kier molecular flexibility index (Phi) is 17.0. The second-order valence-corrected chi connectivity index (χ2v) is 24.0. The van der Waals surface area contributed by atoms with Crippen molar-refractivity contribution in [1.82, 2.24) is 40.1 Å². The number of anilines is 1. The van der Waals surface area contributed by atoms with Crippen molar-refractivity contribution in [3.63, 3.8) is 0 Å². The molecular formula is C60H86F3N9O6. The van der Waals surface area contributed by atoms with Gasteiger partial charge in [-0.05, 0) is 125 Å². The zero-order valence-corrected chi connectivity index (χ0v) is 46.7. The standard InChI is InChI=1S/C60H82F3N9O6.2H2/c1-39(72-24-11-10-22-66-72)52-48(59(20-9-8-12-27-77-37-59)51-44-15-13-21-64-54(44)50-16-14-23-70(50)56(51)57(74)67-52)19-25-69(26-28-75-6)43-17-18-49-45(30-43)47(31-58(3,4)36-78-38-73)55(71(49)35-60(61,62)63)46-29-41(42-33-68(5)34-42)32-65-53(46)40(2)76-7;;/h13,15,17-18,21,29-30,32,38,40,42,48,50-52,56,66H,1,8-12,14,16,19-20,22-28,31,33-37H2,2-7H3,(H,67,74);2*1H/t40-,48+,50+,51?,52+,56-,59?;;/m0../s1. The predicted octanol–water partition coefficient (Wildman–Crippen LogP) is 9.58. The van der Waals surface area contributed by atoms with Crippen molar-refractivity contribution < 1.29 is 44.6 Å². The lowest BCUT2D eigenvalue weighted by Gasteiger charge is -2.54. The fourth-order valence-electron chi connectivity index (χ4n) is 14.5. The van der Waals surface area contributed by atoms with Crippen molar-refractivity contribution in [3.8, 4) is 11.3 Å². The Morgan fingerprint density at radius 1 is 1.06 bits per heavy atom. The van der Waals surface area contributed by atoms with Crippen molar-refractivity contribution in [1.29, 1.82) is 0 Å². The molecule has 0 aliphatic carbocycles. The Hall–Kier alpha value is -5.11. The molecule has 6 aliphatic heterocycles. The van der Waals surface area contributed by atoms with Crippen molar-refractivity contribution in [2.75, 3.05) is 98.4 Å². The summed E-state index contributed by atoms with van der Waals surface area (Å²) in [4.78, 5) is 44.2. The highest BCUT2D eigenvalue weighted by atomic mass is 19.4. The molecule has 5 saturated heterocycles. The predicted molar refractivity (Wildman–Crippen MR) is 299 cm³/mol. The normalized spacial score (nSPS) is 25.8. The lowest BCUT2D eigenvalue weighted by atomic mass is 9.56. The van der Waals surface area contributed by atoms with Gasteiger partial charge >= 0.3 is 6.18 Å². The summed E-state index contributed by atoms with van der Waals surface area (Å²) in [6.45, 7) is 16.4. The summed E-state index contributed by atoms with van der Waals surface area (Å²) in [5.74, 6) is -0.186. The molecule has 2 unspecified atom stereocenters. The van der Waals surface area contributed by atoms with Crippen molar-refractivity contribution in [3.05, 3.63) is 89.1 Å². The minimum absolute atomic E-state index is 0. The third-order valence-corrected chi connectivity index (χ3v) is 18.2. The number of rotatable bonds is 19. The van der Waals surface area contributed by atoms with Gasteiger partial charge in [-0.2, -0.15) is 13.2 Å². The highest BCUT2D eigenvalue weighted by Crippen LogP contribution is 2.59. The maximum atomic E-state index is 15.5. The number of benzene rings is 1. The molecule has 6 aliphatic rings. The fraction of sp³-hybridized carbons (Fsp3) is 0.633. The molecule has 1 spiro atoms. The van der Waals surface area contributed by atoms with Gasteiger partial charge in [0, 0.05) is 126 Å². The number of nitrogens with zero attached hydrogens (tertiary/aromatic N) is 7. The number of hydrazine groups is 1. The number of amides is 1. The highest BCUT2D eigenvalue weighted by molar-refractivity contribution is 5.95. The number of ether oxygens (including phenoxy) is 4. The third kappa shape index (κ3) is 11.2. The summed E-state index contributed by atoms with van der Waals surface area (Å²) >= 11 is 0. The van der Waals surface area contributed by atoms with Crippen LogP contribution < -0.4 is 15.6 Å². The Labute approximate surface area is 461 Å². The van der Waals surface area contributed by atoms with Crippen LogP contribution in [0.15, 0.2) is 61.1 Å². The van der Waals surface area contributed by atoms with E-state index in [4.69, 9.17) is 35.5 Å². The van der Waals surface area contributed by atoms with Crippen LogP contribution in [0, 0.1) is 16.7 Å². The van der Waals surface area contributed by atoms with Crippen LogP contribution in [-0.2, 0) is 41.5 Å². The van der Waals surface area contributed by atoms with Crippen LogP contribution in [0.4, 0.5) is 18.9 Å². The zero-order valence-electron chi connectivity index (χ0n) is 46.7. The van der Waals surface area contributed by atoms with Crippen molar-refractivity contribution >= 4 is 29.0 Å². The van der Waals surface area contributed by atoms with Gasteiger partial charge in [0.2, 0.25) is 5.91 Å². The summed E-state index contributed by atoms with van der Waals surface area (Å²) in [5, 5.41) is 6.54. The van der Waals surface area contributed by atoms with Gasteiger partial charge < -0.3 is 43.6 Å². The van der Waals surface area contributed by atoms with Gasteiger partial charge in [-0.15, -0.1) is 0 Å². The number of nitrogens with one attached hydrogen (secondary N) is 2. The quantitative estimate of drug-likeness (QED) is 0.0863. The van der Waals surface area contributed by atoms with Crippen LogP contribution in [-0.4, -0.2) is 153 Å². The van der Waals surface area contributed by atoms with Crippen LogP contribution in [0.5, 0.6) is 0 Å². The monoisotopic (exact) mass is 1090 g/mol. The Balaban J connectivity index is 0.00000420. The average molecular weight is 1090 g/mol. The minimum Gasteiger partial charge on any atom is -0.467 e. The number of hydrogen-bond donors (Lipinski definition) is 2. The van der Waals surface area contributed by atoms with E-state index in [9.17, 15) is 4.79 Å². The van der Waals surface area contributed by atoms with E-state index in [-0.39, 0.29) is 45.6 Å². The molecule has 3 aromatic heterocycles. The minimum atomic E-state index is -4.58. The SMILES string of the molecule is C=C([C@H]1NC(=O)[C@@H]2C(c3cccnc3[C@H]3CCCN32)C2(CCCCCOC2)[C@@H]1CCN(CCOC)c1ccc2c(c1)c(CC(C)(C)COC=O)c(-c1cc(C3CN(C)C3)cnc1[C@H](C)OC)n2CC(F)(F)F)N1CCCCN1.[HH].[HH]. The zero-order chi connectivity index (χ0) is 54.9. The van der Waals surface area contributed by atoms with E-state index in [0.717, 1.165) is 112 Å². The number of hydrogen-bond acceptors (Lipinski definition) is 13. The van der Waals surface area contributed by atoms with Crippen LogP contribution in [0.25, 0.3) is 22.2 Å². The Morgan fingerprint density at radius 2 is 1.90 bits per heavy atom. The maximum Gasteiger partial charge on any atom is 0.406 e. The number of halogens is 3. The van der Waals surface area contributed by atoms with E-state index >= 15 is 18.0 Å². The number of likely N-dealkylation sites (N-methyl/N-ethyl adjacent to an activating group) is 1. The summed E-state index contributed by atoms with van der Waals surface area (Å²) < 4.78 is 71.2. The number of carbonyl (C=O) groups excluding carboxylic acids is 2. The summed E-state index contributed by atoms with van der Waals surface area (Å²) in [6.07, 6.45) is 7.34. The number of methoxy groups -OCH3 is 2. The number of carbonyl (C=O) groups is 2. The van der Waals surface area contributed by atoms with Gasteiger partial charge in [0.25, 0.3) is 6.47 Å². The van der Waals surface area contributed by atoms with Crippen LogP contribution in [0.3, 0.4) is 0 Å². The van der Waals surface area contributed by atoms with Crippen LogP contribution in [0.1, 0.15) is 133 Å². The number of likely N-dealkylation sites (tertiary alicyclic amines) is 1. The smallest absolute Gasteiger partial charge is 0.406 e. The lowest BCUT2D eigenvalue weighted by Crippen LogP contribution is -2.56. The summed E-state index contributed by atoms with van der Waals surface area (Å²) in [6, 6.07) is 11.3. The molecule has 5 fully saturated rings. The molecule has 15 nitrogen and oxygen atoms in total. The molecule has 78 heavy (non-hydrogen) atoms. The largest absolute Gasteiger partial charge is 0.467 e. The van der Waals surface area contributed by atoms with Gasteiger partial charge in [-0.25, -0.2) is 5.43 Å². The Bertz CT molecular complexity index is 2780. The van der Waals surface area contributed by atoms with E-state index in [2.05, 4.69) is 49.6 Å². The van der Waals surface area contributed by atoms with Gasteiger partial charge in [0.15, 0.2) is 0 Å². The first-order chi connectivity index (χ1) is 37.6. The molecule has 1 aromatic carbocycles. The average Bonchev–Trinajstić information content (AvgIpc) is 4.11. The first-order valence-corrected chi connectivity index (χ1v) is 28.6. The van der Waals surface area contributed by atoms with Gasteiger partial charge in [-0.1, -0.05) is 39.3 Å². The van der Waals surface area contributed by atoms with E-state index in [1.807, 2.05) is 57.4 Å². The van der Waals surface area contributed by atoms with E-state index in [1.54, 1.807) is 14.2 Å². The number of aromatic nitrogens is 3. The molecule has 0 saturated carbocycles. The van der Waals surface area contributed by atoms with Gasteiger partial charge in [0.05, 0.1) is 61.1 Å². The molecule has 0 radical (unpaired) electrons. The molecule has 7 atom stereocenters. The molecule has 9 heterocycles. The third-order valence-electron chi connectivity index (χ3n) is 18.2. The van der Waals surface area contributed by atoms with Crippen molar-refractivity contribution in [2.24, 2.45) is 16.7 Å². The first kappa shape index (κ1) is 56.2. The second kappa shape index (κ2) is 23.5.